The van der Waals surface area contributed by atoms with E-state index in [1.165, 1.54) is 276 Å². The van der Waals surface area contributed by atoms with Gasteiger partial charge in [-0.2, -0.15) is 0 Å². The molecule has 2 saturated heterocycles. The molecule has 14 nitrogen and oxygen atoms in total. The molecule has 0 aromatic heterocycles. The second-order valence-electron chi connectivity index (χ2n) is 27.5. The Morgan fingerprint density at radius 2 is 0.733 bits per heavy atom. The molecule has 532 valence electrons. The first-order valence-electron chi connectivity index (χ1n) is 38.6. The number of hydrogen-bond donors (Lipinski definition) is 9. The predicted molar refractivity (Wildman–Crippen MR) is 369 cm³/mol. The van der Waals surface area contributed by atoms with Gasteiger partial charge in [-0.1, -0.05) is 334 Å². The molecule has 0 aromatic rings. The van der Waals surface area contributed by atoms with Crippen LogP contribution in [0.5, 0.6) is 0 Å². The molecule has 0 aromatic carbocycles. The van der Waals surface area contributed by atoms with E-state index in [0.717, 1.165) is 57.8 Å². The zero-order valence-electron chi connectivity index (χ0n) is 58.2. The van der Waals surface area contributed by atoms with Gasteiger partial charge < -0.3 is 65.1 Å². The van der Waals surface area contributed by atoms with Gasteiger partial charge in [-0.3, -0.25) is 4.79 Å². The molecule has 1 amide bonds. The minimum atomic E-state index is -1.78. The molecule has 9 N–H and O–H groups in total. The Labute approximate surface area is 551 Å². The highest BCUT2D eigenvalue weighted by molar-refractivity contribution is 5.76. The minimum Gasteiger partial charge on any atom is -0.394 e. The van der Waals surface area contributed by atoms with Gasteiger partial charge in [-0.25, -0.2) is 0 Å². The molecule has 12 unspecified atom stereocenters. The molecular weight excluding hydrogens is 1130 g/mol. The third-order valence-corrected chi connectivity index (χ3v) is 19.2. The summed E-state index contributed by atoms with van der Waals surface area (Å²) in [5, 5.41) is 87.7. The van der Waals surface area contributed by atoms with Gasteiger partial charge in [0.2, 0.25) is 5.91 Å². The van der Waals surface area contributed by atoms with E-state index in [9.17, 15) is 45.6 Å². The number of ether oxygens (including phenoxy) is 4. The molecule has 0 radical (unpaired) electrons. The van der Waals surface area contributed by atoms with Crippen molar-refractivity contribution in [3.8, 4) is 0 Å². The first-order chi connectivity index (χ1) is 44.1. The van der Waals surface area contributed by atoms with Gasteiger partial charge in [0.15, 0.2) is 12.6 Å². The Morgan fingerprint density at radius 1 is 0.400 bits per heavy atom. The largest absolute Gasteiger partial charge is 0.394 e. The highest BCUT2D eigenvalue weighted by Crippen LogP contribution is 2.30. The molecule has 0 aliphatic carbocycles. The van der Waals surface area contributed by atoms with E-state index in [1.807, 2.05) is 0 Å². The summed E-state index contributed by atoms with van der Waals surface area (Å²) < 4.78 is 22.9. The molecule has 0 bridgehead atoms. The summed E-state index contributed by atoms with van der Waals surface area (Å²) in [4.78, 5) is 13.4. The van der Waals surface area contributed by atoms with Crippen LogP contribution < -0.4 is 5.32 Å². The lowest BCUT2D eigenvalue weighted by molar-refractivity contribution is -0.359. The molecule has 2 heterocycles. The van der Waals surface area contributed by atoms with Gasteiger partial charge >= 0.3 is 0 Å². The van der Waals surface area contributed by atoms with Crippen molar-refractivity contribution in [1.29, 1.82) is 0 Å². The van der Waals surface area contributed by atoms with Crippen LogP contribution in [-0.2, 0) is 23.7 Å². The van der Waals surface area contributed by atoms with E-state index in [-0.39, 0.29) is 12.5 Å². The molecule has 0 spiro atoms. The lowest BCUT2D eigenvalue weighted by atomic mass is 9.97. The Hall–Kier alpha value is -1.53. The van der Waals surface area contributed by atoms with Crippen LogP contribution in [0.1, 0.15) is 361 Å². The number of carbonyl (C=O) groups excluding carboxylic acids is 1. The van der Waals surface area contributed by atoms with E-state index < -0.39 is 86.8 Å². The number of rotatable bonds is 65. The van der Waals surface area contributed by atoms with Crippen LogP contribution in [0.25, 0.3) is 0 Å². The number of amides is 1. The van der Waals surface area contributed by atoms with Crippen molar-refractivity contribution in [1.82, 2.24) is 5.32 Å². The maximum atomic E-state index is 13.4. The maximum absolute atomic E-state index is 13.4. The van der Waals surface area contributed by atoms with Crippen molar-refractivity contribution in [2.24, 2.45) is 0 Å². The van der Waals surface area contributed by atoms with Gasteiger partial charge in [-0.05, 0) is 44.9 Å². The summed E-state index contributed by atoms with van der Waals surface area (Å²) in [6, 6.07) is -0.826. The van der Waals surface area contributed by atoms with Gasteiger partial charge in [0.1, 0.15) is 48.8 Å². The third-order valence-electron chi connectivity index (χ3n) is 19.2. The number of allylic oxidation sites excluding steroid dienone is 4. The number of hydrogen-bond acceptors (Lipinski definition) is 13. The number of unbranched alkanes of at least 4 members (excludes halogenated alkanes) is 48. The van der Waals surface area contributed by atoms with Gasteiger partial charge in [0.25, 0.3) is 0 Å². The Kier molecular flexibility index (Phi) is 57.4. The average molecular weight is 1280 g/mol. The van der Waals surface area contributed by atoms with Crippen LogP contribution >= 0.6 is 0 Å². The zero-order chi connectivity index (χ0) is 65.2. The number of carbonyl (C=O) groups is 1. The van der Waals surface area contributed by atoms with Crippen molar-refractivity contribution >= 4 is 5.91 Å². The van der Waals surface area contributed by atoms with Crippen molar-refractivity contribution in [2.45, 2.75) is 434 Å². The lowest BCUT2D eigenvalue weighted by Gasteiger charge is -2.46. The second kappa shape index (κ2) is 61.1. The van der Waals surface area contributed by atoms with E-state index >= 15 is 0 Å². The topological polar surface area (TPSA) is 228 Å². The SMILES string of the molecule is CCCCCCC/C=C\C/C=C\CCCCCCCCCCCCCCCCCCCCCCCCCCCC(=O)NC(COC1OC(CO)C(OC2OC(CO)C(O)C(O)C2O)C(O)C1O)C(O)CCCCCCCCCCCCCCCCCCCCC. The summed E-state index contributed by atoms with van der Waals surface area (Å²) in [7, 11) is 0. The summed E-state index contributed by atoms with van der Waals surface area (Å²) >= 11 is 0. The lowest BCUT2D eigenvalue weighted by Crippen LogP contribution is -2.65. The van der Waals surface area contributed by atoms with E-state index in [1.54, 1.807) is 0 Å². The highest BCUT2D eigenvalue weighted by Gasteiger charge is 2.51. The van der Waals surface area contributed by atoms with E-state index in [0.29, 0.717) is 12.8 Å². The molecule has 2 rings (SSSR count). The Balaban J connectivity index is 1.57. The molecule has 14 heteroatoms. The molecular formula is C76H145NO13. The van der Waals surface area contributed by atoms with Crippen molar-refractivity contribution < 1.29 is 64.6 Å². The van der Waals surface area contributed by atoms with Gasteiger partial charge in [0.05, 0.1) is 32.0 Å². The number of nitrogens with one attached hydrogen (secondary N) is 1. The highest BCUT2D eigenvalue weighted by atomic mass is 16.7. The molecule has 2 fully saturated rings. The van der Waals surface area contributed by atoms with Gasteiger partial charge in [0, 0.05) is 6.42 Å². The summed E-state index contributed by atoms with van der Waals surface area (Å²) in [5.41, 5.74) is 0. The number of aliphatic hydroxyl groups is 8. The minimum absolute atomic E-state index is 0.198. The predicted octanol–water partition coefficient (Wildman–Crippen LogP) is 16.7. The second-order valence-corrected chi connectivity index (χ2v) is 27.5. The molecule has 0 saturated carbocycles. The fourth-order valence-electron chi connectivity index (χ4n) is 13.0. The summed E-state index contributed by atoms with van der Waals surface area (Å²) in [6.45, 7) is 2.91. The van der Waals surface area contributed by atoms with Crippen LogP contribution in [0.2, 0.25) is 0 Å². The number of aliphatic hydroxyl groups excluding tert-OH is 8. The van der Waals surface area contributed by atoms with Crippen LogP contribution in [0.4, 0.5) is 0 Å². The van der Waals surface area contributed by atoms with Crippen LogP contribution in [0.3, 0.4) is 0 Å². The normalized spacial score (nSPS) is 23.0. The standard InChI is InChI=1S/C76H145NO13/c1-3-5-7-9-11-13-15-17-19-21-23-24-25-26-27-28-29-30-31-32-33-34-35-36-37-38-39-40-42-44-46-48-50-52-54-56-58-60-68(81)77-64(65(80)59-57-55-53-51-49-47-45-43-41-22-20-18-16-14-12-10-8-6-4-2)63-87-75-73(86)71(84)74(67(62-79)89-75)90-76-72(85)70(83)69(82)66(61-78)88-76/h15,17,21,23,64-67,69-76,78-80,82-86H,3-14,16,18-20,22,24-63H2,1-2H3,(H,77,81)/b17-15-,23-21-. The molecule has 2 aliphatic rings. The summed E-state index contributed by atoms with van der Waals surface area (Å²) in [6.07, 6.45) is 60.8. The Bertz CT molecular complexity index is 1600. The van der Waals surface area contributed by atoms with Crippen molar-refractivity contribution in [3.63, 3.8) is 0 Å². The first-order valence-corrected chi connectivity index (χ1v) is 38.6. The van der Waals surface area contributed by atoms with Crippen LogP contribution in [0.15, 0.2) is 24.3 Å². The van der Waals surface area contributed by atoms with Crippen LogP contribution in [0, 0.1) is 0 Å². The quantitative estimate of drug-likeness (QED) is 0.0204. The Morgan fingerprint density at radius 3 is 1.11 bits per heavy atom. The van der Waals surface area contributed by atoms with Crippen molar-refractivity contribution in [2.75, 3.05) is 19.8 Å². The van der Waals surface area contributed by atoms with Crippen molar-refractivity contribution in [3.05, 3.63) is 24.3 Å². The maximum Gasteiger partial charge on any atom is 0.220 e. The smallest absolute Gasteiger partial charge is 0.220 e. The van der Waals surface area contributed by atoms with E-state index in [2.05, 4.69) is 43.5 Å². The van der Waals surface area contributed by atoms with Crippen LogP contribution in [-0.4, -0.2) is 140 Å². The van der Waals surface area contributed by atoms with E-state index in [4.69, 9.17) is 18.9 Å². The zero-order valence-corrected chi connectivity index (χ0v) is 58.2. The summed E-state index contributed by atoms with van der Waals surface area (Å²) in [5.74, 6) is -0.198. The first kappa shape index (κ1) is 84.6. The fourth-order valence-corrected chi connectivity index (χ4v) is 13.0. The monoisotopic (exact) mass is 1280 g/mol. The average Bonchev–Trinajstić information content (AvgIpc) is 1.58. The van der Waals surface area contributed by atoms with Gasteiger partial charge in [-0.15, -0.1) is 0 Å². The molecule has 12 atom stereocenters. The molecule has 90 heavy (non-hydrogen) atoms. The molecule has 2 aliphatic heterocycles. The third kappa shape index (κ3) is 44.3. The fraction of sp³-hybridized carbons (Fsp3) is 0.934.